The molecule has 5 heteroatoms. The van der Waals surface area contributed by atoms with Crippen LogP contribution in [0.5, 0.6) is 5.75 Å². The third-order valence-electron chi connectivity index (χ3n) is 10.8. The fourth-order valence-electron chi connectivity index (χ4n) is 8.46. The molecule has 4 rings (SSSR count). The highest BCUT2D eigenvalue weighted by molar-refractivity contribution is 9.09. The van der Waals surface area contributed by atoms with Crippen molar-refractivity contribution in [3.05, 3.63) is 29.3 Å². The van der Waals surface area contributed by atoms with Crippen LogP contribution in [-0.4, -0.2) is 45.5 Å². The van der Waals surface area contributed by atoms with E-state index in [2.05, 4.69) is 35.8 Å². The zero-order valence-corrected chi connectivity index (χ0v) is 26.4. The van der Waals surface area contributed by atoms with Crippen LogP contribution < -0.4 is 0 Å². The molecular formula is C34H54BrNO3. The Labute approximate surface area is 246 Å². The minimum atomic E-state index is -0.245. The first-order valence-electron chi connectivity index (χ1n) is 16.1. The van der Waals surface area contributed by atoms with Crippen LogP contribution in [0, 0.1) is 23.2 Å². The lowest BCUT2D eigenvalue weighted by Crippen LogP contribution is -2.47. The quantitative estimate of drug-likeness (QED) is 0.166. The first kappa shape index (κ1) is 30.9. The number of aromatic hydroxyl groups is 1. The average molecular weight is 605 g/mol. The number of carbonyl (C=O) groups excluding carboxylic acids is 1. The Morgan fingerprint density at radius 3 is 2.49 bits per heavy atom. The SMILES string of the molecule is CCCCN(C)C(=O)CCCCCCCCCC[C@@H]1Cc2cc(O)ccc2C2CC[C@@]3(C)C(C[C@@H](Br)[C@H]3O)C21. The van der Waals surface area contributed by atoms with Gasteiger partial charge in [-0.1, -0.05) is 87.2 Å². The molecule has 1 aromatic carbocycles. The molecule has 0 aromatic heterocycles. The molecule has 4 nitrogen and oxygen atoms in total. The van der Waals surface area contributed by atoms with Gasteiger partial charge in [-0.3, -0.25) is 4.79 Å². The molecule has 2 N–H and O–H groups in total. The predicted octanol–water partition coefficient (Wildman–Crippen LogP) is 8.37. The van der Waals surface area contributed by atoms with Crippen molar-refractivity contribution in [1.82, 2.24) is 4.90 Å². The summed E-state index contributed by atoms with van der Waals surface area (Å²) < 4.78 is 0. The Hall–Kier alpha value is -1.07. The van der Waals surface area contributed by atoms with Crippen LogP contribution in [0.2, 0.25) is 0 Å². The summed E-state index contributed by atoms with van der Waals surface area (Å²) in [7, 11) is 1.94. The Morgan fingerprint density at radius 1 is 1.08 bits per heavy atom. The number of alkyl halides is 1. The van der Waals surface area contributed by atoms with Crippen molar-refractivity contribution in [2.45, 2.75) is 133 Å². The van der Waals surface area contributed by atoms with Crippen LogP contribution in [-0.2, 0) is 11.2 Å². The molecule has 7 atom stereocenters. The second kappa shape index (κ2) is 14.2. The van der Waals surface area contributed by atoms with Gasteiger partial charge in [0, 0.05) is 24.8 Å². The van der Waals surface area contributed by atoms with Gasteiger partial charge in [0.25, 0.3) is 0 Å². The van der Waals surface area contributed by atoms with Crippen molar-refractivity contribution in [3.63, 3.8) is 0 Å². The number of amides is 1. The van der Waals surface area contributed by atoms with Gasteiger partial charge in [-0.25, -0.2) is 0 Å². The summed E-state index contributed by atoms with van der Waals surface area (Å²) in [4.78, 5) is 14.3. The second-order valence-electron chi connectivity index (χ2n) is 13.4. The molecule has 2 fully saturated rings. The van der Waals surface area contributed by atoms with Gasteiger partial charge in [0.15, 0.2) is 0 Å². The van der Waals surface area contributed by atoms with E-state index in [1.807, 2.05) is 24.1 Å². The van der Waals surface area contributed by atoms with Crippen LogP contribution in [0.25, 0.3) is 0 Å². The lowest BCUT2D eigenvalue weighted by Gasteiger charge is -2.53. The van der Waals surface area contributed by atoms with Crippen molar-refractivity contribution in [2.75, 3.05) is 13.6 Å². The van der Waals surface area contributed by atoms with Gasteiger partial charge in [0.05, 0.1) is 6.10 Å². The highest BCUT2D eigenvalue weighted by atomic mass is 79.9. The van der Waals surface area contributed by atoms with Gasteiger partial charge in [-0.15, -0.1) is 0 Å². The number of unbranched alkanes of at least 4 members (excludes halogenated alkanes) is 8. The van der Waals surface area contributed by atoms with Crippen molar-refractivity contribution in [1.29, 1.82) is 0 Å². The smallest absolute Gasteiger partial charge is 0.222 e. The lowest BCUT2D eigenvalue weighted by atomic mass is 9.52. The monoisotopic (exact) mass is 603 g/mol. The Morgan fingerprint density at radius 2 is 1.77 bits per heavy atom. The number of fused-ring (bicyclic) bond motifs is 5. The predicted molar refractivity (Wildman–Crippen MR) is 164 cm³/mol. The first-order chi connectivity index (χ1) is 18.8. The molecule has 3 unspecified atom stereocenters. The van der Waals surface area contributed by atoms with E-state index in [0.717, 1.165) is 51.5 Å². The van der Waals surface area contributed by atoms with Crippen LogP contribution in [0.1, 0.15) is 127 Å². The lowest BCUT2D eigenvalue weighted by molar-refractivity contribution is -0.130. The minimum Gasteiger partial charge on any atom is -0.508 e. The molecule has 0 heterocycles. The van der Waals surface area contributed by atoms with Crippen LogP contribution in [0.4, 0.5) is 0 Å². The van der Waals surface area contributed by atoms with E-state index in [1.165, 1.54) is 62.5 Å². The summed E-state index contributed by atoms with van der Waals surface area (Å²) in [5.41, 5.74) is 2.86. The molecule has 0 saturated heterocycles. The van der Waals surface area contributed by atoms with Crippen molar-refractivity contribution in [2.24, 2.45) is 23.2 Å². The van der Waals surface area contributed by atoms with E-state index in [-0.39, 0.29) is 16.3 Å². The van der Waals surface area contributed by atoms with Crippen LogP contribution >= 0.6 is 15.9 Å². The number of aliphatic hydroxyl groups is 1. The first-order valence-corrected chi connectivity index (χ1v) is 17.1. The van der Waals surface area contributed by atoms with E-state index >= 15 is 0 Å². The summed E-state index contributed by atoms with van der Waals surface area (Å²) in [6.45, 7) is 5.41. The van der Waals surface area contributed by atoms with E-state index in [1.54, 1.807) is 0 Å². The number of benzene rings is 1. The highest BCUT2D eigenvalue weighted by Gasteiger charge is 2.59. The number of hydrogen-bond donors (Lipinski definition) is 2. The zero-order chi connectivity index (χ0) is 28.0. The molecule has 2 saturated carbocycles. The van der Waals surface area contributed by atoms with E-state index in [4.69, 9.17) is 0 Å². The molecule has 1 amide bonds. The number of carbonyl (C=O) groups is 1. The summed E-state index contributed by atoms with van der Waals surface area (Å²) in [6.07, 6.45) is 18.3. The summed E-state index contributed by atoms with van der Waals surface area (Å²) in [5.74, 6) is 3.13. The summed E-state index contributed by atoms with van der Waals surface area (Å²) >= 11 is 3.83. The molecule has 1 aromatic rings. The van der Waals surface area contributed by atoms with Crippen LogP contribution in [0.15, 0.2) is 18.2 Å². The highest BCUT2D eigenvalue weighted by Crippen LogP contribution is 2.63. The molecule has 0 spiro atoms. The Bertz CT molecular complexity index is 937. The maximum Gasteiger partial charge on any atom is 0.222 e. The van der Waals surface area contributed by atoms with Gasteiger partial charge in [0.2, 0.25) is 5.91 Å². The van der Waals surface area contributed by atoms with Crippen LogP contribution in [0.3, 0.4) is 0 Å². The maximum atomic E-state index is 12.2. The standard InChI is InChI=1S/C34H54BrNO3/c1-4-5-20-36(3)31(38)15-13-11-9-7-6-8-10-12-14-24-21-25-22-26(37)16-17-27(25)28-18-19-34(2)29(32(24)28)23-30(35)33(34)39/h16-17,22,24,28-30,32-33,37,39H,4-15,18-21,23H2,1-3H3/t24-,28?,29?,30-,32?,33-,34+/m1/s1. The Balaban J connectivity index is 1.21. The van der Waals surface area contributed by atoms with E-state index in [9.17, 15) is 15.0 Å². The third-order valence-corrected chi connectivity index (χ3v) is 11.7. The number of rotatable bonds is 14. The molecular weight excluding hydrogens is 550 g/mol. The number of hydrogen-bond acceptors (Lipinski definition) is 3. The normalized spacial score (nSPS) is 31.4. The number of halogens is 1. The van der Waals surface area contributed by atoms with Crippen molar-refractivity contribution < 1.29 is 15.0 Å². The number of phenols is 1. The Kier molecular flexibility index (Phi) is 11.2. The third kappa shape index (κ3) is 7.23. The molecule has 0 bridgehead atoms. The second-order valence-corrected chi connectivity index (χ2v) is 14.6. The average Bonchev–Trinajstić information content (AvgIpc) is 3.15. The van der Waals surface area contributed by atoms with Crippen molar-refractivity contribution in [3.8, 4) is 5.75 Å². The van der Waals surface area contributed by atoms with E-state index < -0.39 is 0 Å². The summed E-state index contributed by atoms with van der Waals surface area (Å²) in [5, 5.41) is 21.3. The van der Waals surface area contributed by atoms with Gasteiger partial charge in [-0.05, 0) is 97.3 Å². The molecule has 220 valence electrons. The maximum absolute atomic E-state index is 12.2. The zero-order valence-electron chi connectivity index (χ0n) is 24.8. The molecule has 3 aliphatic carbocycles. The molecule has 3 aliphatic rings. The van der Waals surface area contributed by atoms with E-state index in [0.29, 0.717) is 41.7 Å². The number of phenolic OH excluding ortho intramolecular Hbond substituents is 1. The number of nitrogens with zero attached hydrogens (tertiary/aromatic N) is 1. The minimum absolute atomic E-state index is 0.0253. The topological polar surface area (TPSA) is 60.8 Å². The molecule has 39 heavy (non-hydrogen) atoms. The van der Waals surface area contributed by atoms with Gasteiger partial charge in [0.1, 0.15) is 5.75 Å². The number of aliphatic hydroxyl groups excluding tert-OH is 1. The summed E-state index contributed by atoms with van der Waals surface area (Å²) in [6, 6.07) is 6.10. The van der Waals surface area contributed by atoms with Gasteiger partial charge in [-0.2, -0.15) is 0 Å². The fourth-order valence-corrected chi connectivity index (χ4v) is 9.47. The molecule has 0 aliphatic heterocycles. The van der Waals surface area contributed by atoms with Gasteiger partial charge >= 0.3 is 0 Å². The van der Waals surface area contributed by atoms with Gasteiger partial charge < -0.3 is 15.1 Å². The fraction of sp³-hybridized carbons (Fsp3) is 0.794. The molecule has 0 radical (unpaired) electrons. The largest absolute Gasteiger partial charge is 0.508 e. The van der Waals surface area contributed by atoms with Crippen molar-refractivity contribution >= 4 is 21.8 Å².